The van der Waals surface area contributed by atoms with Gasteiger partial charge in [-0.3, -0.25) is 24.2 Å². The number of para-hydroxylation sites is 1. The number of amides is 3. The Bertz CT molecular complexity index is 1160. The molecule has 0 aromatic heterocycles. The Balaban J connectivity index is 1.66. The van der Waals surface area contributed by atoms with Crippen molar-refractivity contribution < 1.29 is 14.4 Å². The minimum absolute atomic E-state index is 0.154. The number of nitrogens with one attached hydrogen (secondary N) is 1. The molecule has 0 radical (unpaired) electrons. The van der Waals surface area contributed by atoms with Crippen LogP contribution in [0.4, 0.5) is 11.4 Å². The smallest absolute Gasteiger partial charge is 0.266 e. The molecule has 2 aliphatic heterocycles. The minimum atomic E-state index is -0.374. The lowest BCUT2D eigenvalue weighted by molar-refractivity contribution is -0.121. The number of thiocarbonyl (C=S) groups is 1. The van der Waals surface area contributed by atoms with Crippen molar-refractivity contribution in [1.82, 2.24) is 4.90 Å². The van der Waals surface area contributed by atoms with Gasteiger partial charge in [-0.1, -0.05) is 54.3 Å². The van der Waals surface area contributed by atoms with Gasteiger partial charge in [0, 0.05) is 18.3 Å². The van der Waals surface area contributed by atoms with E-state index in [9.17, 15) is 14.4 Å². The standard InChI is InChI=1S/C22H19N3O3S2/c1-12-8-9-13(2)15(10-12)23-17(26)11-25-16-7-5-4-6-14(16)18(20(25)27)19-21(28)24(3)22(29)30-19/h4-10H,11H2,1-3H3,(H,23,26)/b19-18-. The molecule has 6 nitrogen and oxygen atoms in total. The molecule has 1 fully saturated rings. The Morgan fingerprint density at radius 2 is 1.83 bits per heavy atom. The fraction of sp³-hybridized carbons (Fsp3) is 0.182. The van der Waals surface area contributed by atoms with Crippen molar-refractivity contribution in [2.45, 2.75) is 13.8 Å². The summed E-state index contributed by atoms with van der Waals surface area (Å²) in [6.45, 7) is 3.71. The van der Waals surface area contributed by atoms with Gasteiger partial charge in [-0.05, 0) is 37.1 Å². The highest BCUT2D eigenvalue weighted by atomic mass is 32.2. The number of benzene rings is 2. The lowest BCUT2D eigenvalue weighted by Gasteiger charge is -2.17. The summed E-state index contributed by atoms with van der Waals surface area (Å²) in [7, 11) is 1.59. The van der Waals surface area contributed by atoms with E-state index in [-0.39, 0.29) is 24.3 Å². The molecule has 1 saturated heterocycles. The molecule has 152 valence electrons. The van der Waals surface area contributed by atoms with Crippen LogP contribution >= 0.6 is 24.0 Å². The molecule has 3 amide bonds. The molecule has 2 aromatic carbocycles. The molecule has 0 bridgehead atoms. The summed E-state index contributed by atoms with van der Waals surface area (Å²) in [6, 6.07) is 13.0. The quantitative estimate of drug-likeness (QED) is 0.588. The summed E-state index contributed by atoms with van der Waals surface area (Å²) in [6.07, 6.45) is 0. The third kappa shape index (κ3) is 3.42. The van der Waals surface area contributed by atoms with Crippen molar-refractivity contribution in [2.24, 2.45) is 0 Å². The van der Waals surface area contributed by atoms with E-state index in [2.05, 4.69) is 5.32 Å². The summed E-state index contributed by atoms with van der Waals surface area (Å²) in [5.74, 6) is -0.984. The predicted octanol–water partition coefficient (Wildman–Crippen LogP) is 3.49. The predicted molar refractivity (Wildman–Crippen MR) is 123 cm³/mol. The summed E-state index contributed by atoms with van der Waals surface area (Å²) >= 11 is 6.32. The summed E-state index contributed by atoms with van der Waals surface area (Å²) in [5.41, 5.74) is 4.22. The number of nitrogens with zero attached hydrogens (tertiary/aromatic N) is 2. The van der Waals surface area contributed by atoms with Gasteiger partial charge in [0.1, 0.15) is 10.9 Å². The maximum atomic E-state index is 13.3. The first-order valence-corrected chi connectivity index (χ1v) is 10.5. The first kappa shape index (κ1) is 20.3. The fourth-order valence-corrected chi connectivity index (χ4v) is 4.70. The molecular weight excluding hydrogens is 418 g/mol. The average Bonchev–Trinajstić information content (AvgIpc) is 3.12. The molecule has 0 saturated carbocycles. The summed E-state index contributed by atoms with van der Waals surface area (Å²) < 4.78 is 0.402. The number of likely N-dealkylation sites (N-methyl/N-ethyl adjacent to an activating group) is 1. The maximum absolute atomic E-state index is 13.3. The van der Waals surface area contributed by atoms with Gasteiger partial charge >= 0.3 is 0 Å². The number of fused-ring (bicyclic) bond motifs is 1. The van der Waals surface area contributed by atoms with E-state index >= 15 is 0 Å². The first-order chi connectivity index (χ1) is 14.3. The van der Waals surface area contributed by atoms with Crippen LogP contribution in [-0.2, 0) is 14.4 Å². The molecule has 8 heteroatoms. The number of anilines is 2. The van der Waals surface area contributed by atoms with E-state index in [1.807, 2.05) is 32.0 Å². The molecule has 0 aliphatic carbocycles. The summed E-state index contributed by atoms with van der Waals surface area (Å²) in [4.78, 5) is 41.7. The number of thioether (sulfide) groups is 1. The second kappa shape index (κ2) is 7.70. The zero-order valence-corrected chi connectivity index (χ0v) is 18.3. The highest BCUT2D eigenvalue weighted by Crippen LogP contribution is 2.44. The van der Waals surface area contributed by atoms with E-state index in [4.69, 9.17) is 12.2 Å². The van der Waals surface area contributed by atoms with Crippen LogP contribution in [0.3, 0.4) is 0 Å². The Kier molecular flexibility index (Phi) is 5.21. The Hall–Kier alpha value is -2.97. The molecule has 0 unspecified atom stereocenters. The highest BCUT2D eigenvalue weighted by molar-refractivity contribution is 8.26. The summed E-state index contributed by atoms with van der Waals surface area (Å²) in [5, 5.41) is 2.89. The monoisotopic (exact) mass is 437 g/mol. The Morgan fingerprint density at radius 3 is 2.53 bits per heavy atom. The van der Waals surface area contributed by atoms with Crippen LogP contribution in [0.15, 0.2) is 47.4 Å². The van der Waals surface area contributed by atoms with Gasteiger partial charge in [-0.25, -0.2) is 0 Å². The zero-order chi connectivity index (χ0) is 21.6. The van der Waals surface area contributed by atoms with E-state index in [0.717, 1.165) is 22.9 Å². The van der Waals surface area contributed by atoms with Crippen molar-refractivity contribution in [1.29, 1.82) is 0 Å². The van der Waals surface area contributed by atoms with Gasteiger partial charge in [0.15, 0.2) is 0 Å². The number of hydrogen-bond donors (Lipinski definition) is 1. The highest BCUT2D eigenvalue weighted by Gasteiger charge is 2.41. The number of rotatable bonds is 3. The van der Waals surface area contributed by atoms with Gasteiger partial charge in [0.05, 0.1) is 16.2 Å². The number of aryl methyl sites for hydroxylation is 2. The normalized spacial score (nSPS) is 18.3. The van der Waals surface area contributed by atoms with E-state index < -0.39 is 0 Å². The molecule has 2 aliphatic rings. The van der Waals surface area contributed by atoms with Crippen LogP contribution in [0.1, 0.15) is 16.7 Å². The second-order valence-corrected chi connectivity index (χ2v) is 8.86. The zero-order valence-electron chi connectivity index (χ0n) is 16.7. The molecule has 2 heterocycles. The molecular formula is C22H19N3O3S2. The fourth-order valence-electron chi connectivity index (χ4n) is 3.45. The number of carbonyl (C=O) groups is 3. The van der Waals surface area contributed by atoms with Gasteiger partial charge < -0.3 is 5.32 Å². The third-order valence-corrected chi connectivity index (χ3v) is 6.64. The largest absolute Gasteiger partial charge is 0.324 e. The van der Waals surface area contributed by atoms with Gasteiger partial charge in [-0.15, -0.1) is 0 Å². The molecule has 30 heavy (non-hydrogen) atoms. The molecule has 0 spiro atoms. The van der Waals surface area contributed by atoms with Crippen molar-refractivity contribution in [2.75, 3.05) is 23.8 Å². The van der Waals surface area contributed by atoms with E-state index in [1.165, 1.54) is 9.80 Å². The SMILES string of the molecule is Cc1ccc(C)c(NC(=O)CN2C(=O)/C(=C3\SC(=S)N(C)C3=O)c3ccccc32)c1. The van der Waals surface area contributed by atoms with Gasteiger partial charge in [0.2, 0.25) is 5.91 Å². The van der Waals surface area contributed by atoms with Crippen molar-refractivity contribution in [3.05, 3.63) is 64.1 Å². The molecule has 1 N–H and O–H groups in total. The first-order valence-electron chi connectivity index (χ1n) is 9.30. The van der Waals surface area contributed by atoms with Gasteiger partial charge in [-0.2, -0.15) is 0 Å². The number of hydrogen-bond acceptors (Lipinski definition) is 5. The van der Waals surface area contributed by atoms with Crippen molar-refractivity contribution >= 4 is 63.0 Å². The lowest BCUT2D eigenvalue weighted by Crippen LogP contribution is -2.35. The van der Waals surface area contributed by atoms with Crippen LogP contribution in [0.25, 0.3) is 5.57 Å². The second-order valence-electron chi connectivity index (χ2n) is 7.21. The average molecular weight is 438 g/mol. The van der Waals surface area contributed by atoms with Crippen LogP contribution < -0.4 is 10.2 Å². The molecule has 0 atom stereocenters. The lowest BCUT2D eigenvalue weighted by atomic mass is 10.1. The molecule has 4 rings (SSSR count). The number of carbonyl (C=O) groups excluding carboxylic acids is 3. The Labute approximate surface area is 183 Å². The van der Waals surface area contributed by atoms with Crippen LogP contribution in [0, 0.1) is 13.8 Å². The van der Waals surface area contributed by atoms with Crippen LogP contribution in [0.2, 0.25) is 0 Å². The minimum Gasteiger partial charge on any atom is -0.324 e. The van der Waals surface area contributed by atoms with Crippen LogP contribution in [-0.4, -0.2) is 40.5 Å². The topological polar surface area (TPSA) is 69.7 Å². The maximum Gasteiger partial charge on any atom is 0.266 e. The Morgan fingerprint density at radius 1 is 1.10 bits per heavy atom. The van der Waals surface area contributed by atoms with Crippen LogP contribution in [0.5, 0.6) is 0 Å². The van der Waals surface area contributed by atoms with Crippen molar-refractivity contribution in [3.63, 3.8) is 0 Å². The van der Waals surface area contributed by atoms with E-state index in [1.54, 1.807) is 31.3 Å². The van der Waals surface area contributed by atoms with Crippen molar-refractivity contribution in [3.8, 4) is 0 Å². The molecule has 2 aromatic rings. The van der Waals surface area contributed by atoms with Gasteiger partial charge in [0.25, 0.3) is 11.8 Å². The van der Waals surface area contributed by atoms with E-state index in [0.29, 0.717) is 31.7 Å². The third-order valence-electron chi connectivity index (χ3n) is 5.08.